The summed E-state index contributed by atoms with van der Waals surface area (Å²) in [5, 5.41) is 3.18. The molecular weight excluding hydrogens is 326 g/mol. The van der Waals surface area contributed by atoms with E-state index >= 15 is 0 Å². The van der Waals surface area contributed by atoms with Crippen molar-refractivity contribution in [3.05, 3.63) is 23.8 Å². The van der Waals surface area contributed by atoms with Crippen LogP contribution in [0, 0.1) is 12.8 Å². The maximum Gasteiger partial charge on any atom is 0.317 e. The summed E-state index contributed by atoms with van der Waals surface area (Å²) in [6.07, 6.45) is 6.26. The number of hydrogen-bond acceptors (Lipinski definition) is 4. The van der Waals surface area contributed by atoms with Crippen LogP contribution in [0.3, 0.4) is 0 Å². The SMILES string of the molecule is Cc1nccc(C2CCN(C(=O)NC[C@H]3CCCN(C(C)C)C3)CC2)n1. The van der Waals surface area contributed by atoms with Gasteiger partial charge in [-0.05, 0) is 65.0 Å². The minimum Gasteiger partial charge on any atom is -0.338 e. The summed E-state index contributed by atoms with van der Waals surface area (Å²) in [5.41, 5.74) is 1.12. The zero-order valence-electron chi connectivity index (χ0n) is 16.4. The fourth-order valence-electron chi connectivity index (χ4n) is 4.16. The number of amides is 2. The number of likely N-dealkylation sites (tertiary alicyclic amines) is 2. The molecule has 6 nitrogen and oxygen atoms in total. The summed E-state index contributed by atoms with van der Waals surface area (Å²) in [5.74, 6) is 1.85. The van der Waals surface area contributed by atoms with E-state index in [4.69, 9.17) is 0 Å². The van der Waals surface area contributed by atoms with Gasteiger partial charge in [0.05, 0.1) is 0 Å². The number of piperidine rings is 2. The standard InChI is InChI=1S/C20H33N5O/c1-15(2)25-10-4-5-17(14-25)13-22-20(26)24-11-7-18(8-12-24)19-6-9-21-16(3)23-19/h6,9,15,17-18H,4-5,7-8,10-14H2,1-3H3,(H,22,26)/t17-/m1/s1. The van der Waals surface area contributed by atoms with E-state index in [0.29, 0.717) is 17.9 Å². The topological polar surface area (TPSA) is 61.4 Å². The van der Waals surface area contributed by atoms with E-state index in [-0.39, 0.29) is 6.03 Å². The summed E-state index contributed by atoms with van der Waals surface area (Å²) < 4.78 is 0. The number of nitrogens with zero attached hydrogens (tertiary/aromatic N) is 4. The number of carbonyl (C=O) groups is 1. The molecule has 0 radical (unpaired) electrons. The molecule has 26 heavy (non-hydrogen) atoms. The smallest absolute Gasteiger partial charge is 0.317 e. The van der Waals surface area contributed by atoms with Crippen LogP contribution in [-0.2, 0) is 0 Å². The molecule has 1 N–H and O–H groups in total. The molecule has 0 aromatic carbocycles. The van der Waals surface area contributed by atoms with Crippen LogP contribution in [0.15, 0.2) is 12.3 Å². The van der Waals surface area contributed by atoms with Gasteiger partial charge in [0.25, 0.3) is 0 Å². The highest BCUT2D eigenvalue weighted by Gasteiger charge is 2.26. The third-order valence-corrected chi connectivity index (χ3v) is 5.82. The van der Waals surface area contributed by atoms with Gasteiger partial charge in [0.2, 0.25) is 0 Å². The zero-order chi connectivity index (χ0) is 18.5. The second kappa shape index (κ2) is 8.80. The van der Waals surface area contributed by atoms with Crippen molar-refractivity contribution < 1.29 is 4.79 Å². The van der Waals surface area contributed by atoms with Gasteiger partial charge in [-0.1, -0.05) is 0 Å². The van der Waals surface area contributed by atoms with Crippen molar-refractivity contribution in [3.8, 4) is 0 Å². The Hall–Kier alpha value is -1.69. The van der Waals surface area contributed by atoms with Gasteiger partial charge >= 0.3 is 6.03 Å². The summed E-state index contributed by atoms with van der Waals surface area (Å²) in [6.45, 7) is 11.1. The van der Waals surface area contributed by atoms with Crippen LogP contribution in [0.5, 0.6) is 0 Å². The van der Waals surface area contributed by atoms with Crippen molar-refractivity contribution in [2.45, 2.75) is 58.4 Å². The summed E-state index contributed by atoms with van der Waals surface area (Å²) in [7, 11) is 0. The van der Waals surface area contributed by atoms with Crippen LogP contribution in [0.2, 0.25) is 0 Å². The quantitative estimate of drug-likeness (QED) is 0.898. The number of nitrogens with one attached hydrogen (secondary N) is 1. The van der Waals surface area contributed by atoms with Crippen LogP contribution in [0.25, 0.3) is 0 Å². The van der Waals surface area contributed by atoms with E-state index in [0.717, 1.165) is 50.5 Å². The van der Waals surface area contributed by atoms with Gasteiger partial charge in [-0.2, -0.15) is 0 Å². The monoisotopic (exact) mass is 359 g/mol. The minimum absolute atomic E-state index is 0.101. The minimum atomic E-state index is 0.101. The average Bonchev–Trinajstić information content (AvgIpc) is 2.66. The molecule has 1 aromatic rings. The van der Waals surface area contributed by atoms with Gasteiger partial charge in [-0.3, -0.25) is 0 Å². The molecule has 3 rings (SSSR count). The predicted molar refractivity (Wildman–Crippen MR) is 103 cm³/mol. The maximum atomic E-state index is 12.5. The largest absolute Gasteiger partial charge is 0.338 e. The average molecular weight is 360 g/mol. The van der Waals surface area contributed by atoms with Crippen LogP contribution in [0.1, 0.15) is 57.0 Å². The number of aryl methyl sites for hydroxylation is 1. The molecule has 2 amide bonds. The predicted octanol–water partition coefficient (Wildman–Crippen LogP) is 2.79. The molecule has 0 bridgehead atoms. The van der Waals surface area contributed by atoms with Crippen molar-refractivity contribution in [1.29, 1.82) is 0 Å². The Morgan fingerprint density at radius 2 is 2.04 bits per heavy atom. The molecule has 1 aromatic heterocycles. The van der Waals surface area contributed by atoms with Crippen molar-refractivity contribution in [2.24, 2.45) is 5.92 Å². The van der Waals surface area contributed by atoms with Crippen molar-refractivity contribution in [3.63, 3.8) is 0 Å². The second-order valence-corrected chi connectivity index (χ2v) is 8.07. The molecule has 0 aliphatic carbocycles. The van der Waals surface area contributed by atoms with Gasteiger partial charge in [0.1, 0.15) is 5.82 Å². The van der Waals surface area contributed by atoms with Crippen molar-refractivity contribution in [1.82, 2.24) is 25.1 Å². The maximum absolute atomic E-state index is 12.5. The summed E-state index contributed by atoms with van der Waals surface area (Å²) in [6, 6.07) is 2.71. The fourth-order valence-corrected chi connectivity index (χ4v) is 4.16. The Labute approximate surface area is 157 Å². The Morgan fingerprint density at radius 1 is 1.27 bits per heavy atom. The number of rotatable bonds is 4. The van der Waals surface area contributed by atoms with E-state index in [1.165, 1.54) is 19.4 Å². The van der Waals surface area contributed by atoms with Gasteiger partial charge in [0.15, 0.2) is 0 Å². The van der Waals surface area contributed by atoms with E-state index in [1.807, 2.05) is 24.1 Å². The molecular formula is C20H33N5O. The van der Waals surface area contributed by atoms with Crippen molar-refractivity contribution >= 4 is 6.03 Å². The number of hydrogen-bond donors (Lipinski definition) is 1. The fraction of sp³-hybridized carbons (Fsp3) is 0.750. The van der Waals surface area contributed by atoms with Crippen LogP contribution in [-0.4, -0.2) is 64.6 Å². The lowest BCUT2D eigenvalue weighted by molar-refractivity contribution is 0.135. The summed E-state index contributed by atoms with van der Waals surface area (Å²) >= 11 is 0. The Balaban J connectivity index is 1.42. The first-order valence-corrected chi connectivity index (χ1v) is 10.1. The number of urea groups is 1. The molecule has 2 fully saturated rings. The number of carbonyl (C=O) groups excluding carboxylic acids is 1. The molecule has 6 heteroatoms. The lowest BCUT2D eigenvalue weighted by Crippen LogP contribution is -2.48. The van der Waals surface area contributed by atoms with Gasteiger partial charge in [-0.25, -0.2) is 14.8 Å². The normalized spacial score (nSPS) is 22.6. The van der Waals surface area contributed by atoms with E-state index < -0.39 is 0 Å². The molecule has 2 aliphatic rings. The van der Waals surface area contributed by atoms with Crippen LogP contribution in [0.4, 0.5) is 4.79 Å². The Bertz CT molecular complexity index is 598. The van der Waals surface area contributed by atoms with E-state index in [9.17, 15) is 4.79 Å². The Kier molecular flexibility index (Phi) is 6.46. The summed E-state index contributed by atoms with van der Waals surface area (Å²) in [4.78, 5) is 25.7. The Morgan fingerprint density at radius 3 is 2.73 bits per heavy atom. The molecule has 0 spiro atoms. The van der Waals surface area contributed by atoms with Crippen LogP contribution >= 0.6 is 0 Å². The number of aromatic nitrogens is 2. The molecule has 144 valence electrons. The second-order valence-electron chi connectivity index (χ2n) is 8.07. The lowest BCUT2D eigenvalue weighted by atomic mass is 9.93. The third kappa shape index (κ3) is 4.93. The third-order valence-electron chi connectivity index (χ3n) is 5.82. The highest BCUT2D eigenvalue weighted by atomic mass is 16.2. The highest BCUT2D eigenvalue weighted by Crippen LogP contribution is 2.26. The lowest BCUT2D eigenvalue weighted by Gasteiger charge is -2.36. The first-order chi connectivity index (χ1) is 12.5. The zero-order valence-corrected chi connectivity index (χ0v) is 16.4. The van der Waals surface area contributed by atoms with Crippen molar-refractivity contribution in [2.75, 3.05) is 32.7 Å². The van der Waals surface area contributed by atoms with Gasteiger partial charge in [-0.15, -0.1) is 0 Å². The molecule has 1 atom stereocenters. The van der Waals surface area contributed by atoms with Gasteiger partial charge in [0, 0.05) is 50.0 Å². The van der Waals surface area contributed by atoms with E-state index in [1.54, 1.807) is 0 Å². The first kappa shape index (κ1) is 19.1. The first-order valence-electron chi connectivity index (χ1n) is 10.1. The molecule has 0 unspecified atom stereocenters. The molecule has 0 saturated carbocycles. The van der Waals surface area contributed by atoms with Gasteiger partial charge < -0.3 is 15.1 Å². The highest BCUT2D eigenvalue weighted by molar-refractivity contribution is 5.74. The van der Waals surface area contributed by atoms with Crippen LogP contribution < -0.4 is 5.32 Å². The van der Waals surface area contributed by atoms with E-state index in [2.05, 4.69) is 34.0 Å². The molecule has 3 heterocycles. The molecule has 2 aliphatic heterocycles. The molecule has 2 saturated heterocycles.